The minimum atomic E-state index is -5.25. The number of carbonyl (C=O) groups is 1. The Balaban J connectivity index is 2.47. The fourth-order valence-electron chi connectivity index (χ4n) is 1.97. The molecule has 0 heterocycles. The van der Waals surface area contributed by atoms with Gasteiger partial charge in [0, 0.05) is 6.08 Å². The Morgan fingerprint density at radius 3 is 2.37 bits per heavy atom. The summed E-state index contributed by atoms with van der Waals surface area (Å²) in [6, 6.07) is 11.3. The van der Waals surface area contributed by atoms with Crippen molar-refractivity contribution in [2.24, 2.45) is 0 Å². The van der Waals surface area contributed by atoms with E-state index in [4.69, 9.17) is 5.21 Å². The van der Waals surface area contributed by atoms with E-state index in [0.717, 1.165) is 30.3 Å². The maximum absolute atomic E-state index is 12.8. The summed E-state index contributed by atoms with van der Waals surface area (Å²) in [5.74, 6) is -0.866. The maximum Gasteiger partial charge on any atom is 0.544 e. The van der Waals surface area contributed by atoms with Crippen LogP contribution in [0.5, 0.6) is 0 Å². The first-order chi connectivity index (χ1) is 12.6. The highest BCUT2D eigenvalue weighted by molar-refractivity contribution is 7.92. The number of hydroxylamine groups is 1. The summed E-state index contributed by atoms with van der Waals surface area (Å²) < 4.78 is 63.5. The first-order valence-corrected chi connectivity index (χ1v) is 8.66. The van der Waals surface area contributed by atoms with Gasteiger partial charge < -0.3 is 0 Å². The van der Waals surface area contributed by atoms with Crippen LogP contribution in [0.25, 0.3) is 6.08 Å². The Morgan fingerprint density at radius 2 is 1.78 bits per heavy atom. The van der Waals surface area contributed by atoms with E-state index in [1.165, 1.54) is 41.9 Å². The number of rotatable bonds is 6. The molecule has 2 aromatic rings. The maximum atomic E-state index is 12.8. The lowest BCUT2D eigenvalue weighted by molar-refractivity contribution is -0.322. The summed E-state index contributed by atoms with van der Waals surface area (Å²) in [6.45, 7) is 0. The van der Waals surface area contributed by atoms with E-state index in [9.17, 15) is 26.4 Å². The van der Waals surface area contributed by atoms with E-state index < -0.39 is 27.2 Å². The Labute approximate surface area is 152 Å². The molecule has 7 nitrogen and oxygen atoms in total. The van der Waals surface area contributed by atoms with Crippen LogP contribution in [0.1, 0.15) is 5.56 Å². The van der Waals surface area contributed by atoms with E-state index in [1.807, 2.05) is 0 Å². The van der Waals surface area contributed by atoms with Crippen molar-refractivity contribution in [1.82, 2.24) is 5.48 Å². The smallest absolute Gasteiger partial charge is 0.288 e. The molecule has 1 amide bonds. The highest BCUT2D eigenvalue weighted by atomic mass is 32.2. The molecule has 2 rings (SSSR count). The second kappa shape index (κ2) is 8.20. The predicted octanol–water partition coefficient (Wildman–Crippen LogP) is 2.85. The van der Waals surface area contributed by atoms with Crippen LogP contribution in [-0.4, -0.2) is 25.9 Å². The van der Waals surface area contributed by atoms with Gasteiger partial charge in [0.15, 0.2) is 0 Å². The number of nitrogens with one attached hydrogen (secondary N) is 1. The average Bonchev–Trinajstić information content (AvgIpc) is 2.64. The molecule has 0 unspecified atom stereocenters. The van der Waals surface area contributed by atoms with Gasteiger partial charge in [0.1, 0.15) is 0 Å². The second-order valence-electron chi connectivity index (χ2n) is 4.99. The van der Waals surface area contributed by atoms with Crippen LogP contribution in [0.15, 0.2) is 65.6 Å². The van der Waals surface area contributed by atoms with Crippen molar-refractivity contribution in [2.75, 3.05) is 4.47 Å². The predicted molar refractivity (Wildman–Crippen MR) is 88.7 cm³/mol. The Bertz CT molecular complexity index is 931. The van der Waals surface area contributed by atoms with Gasteiger partial charge in [-0.3, -0.25) is 10.0 Å². The van der Waals surface area contributed by atoms with Crippen LogP contribution < -0.4 is 9.95 Å². The van der Waals surface area contributed by atoms with Crippen LogP contribution in [0.3, 0.4) is 0 Å². The van der Waals surface area contributed by atoms with Crippen molar-refractivity contribution in [3.63, 3.8) is 0 Å². The van der Waals surface area contributed by atoms with Crippen molar-refractivity contribution >= 4 is 27.7 Å². The fraction of sp³-hybridized carbons (Fsp3) is 0.0625. The third-order valence-electron chi connectivity index (χ3n) is 3.07. The number of para-hydroxylation sites is 1. The molecule has 0 saturated carbocycles. The normalized spacial score (nSPS) is 12.1. The molecule has 0 spiro atoms. The van der Waals surface area contributed by atoms with E-state index in [-0.39, 0.29) is 15.7 Å². The number of carbonyl (C=O) groups excluding carboxylic acids is 1. The van der Waals surface area contributed by atoms with Crippen molar-refractivity contribution in [1.29, 1.82) is 0 Å². The van der Waals surface area contributed by atoms with Crippen molar-refractivity contribution < 1.29 is 36.4 Å². The lowest BCUT2D eigenvalue weighted by atomic mass is 10.2. The third-order valence-corrected chi connectivity index (χ3v) is 4.64. The van der Waals surface area contributed by atoms with Crippen LogP contribution in [-0.2, 0) is 19.7 Å². The first-order valence-electron chi connectivity index (χ1n) is 7.22. The minimum absolute atomic E-state index is 0.194. The zero-order valence-electron chi connectivity index (χ0n) is 13.4. The van der Waals surface area contributed by atoms with Crippen LogP contribution in [0.4, 0.5) is 18.9 Å². The Kier molecular flexibility index (Phi) is 6.20. The van der Waals surface area contributed by atoms with Gasteiger partial charge in [-0.2, -0.15) is 13.3 Å². The van der Waals surface area contributed by atoms with Crippen LogP contribution in [0.2, 0.25) is 0 Å². The number of nitrogens with zero attached hydrogens (tertiary/aromatic N) is 1. The van der Waals surface area contributed by atoms with Gasteiger partial charge in [-0.15, -0.1) is 17.6 Å². The lowest BCUT2D eigenvalue weighted by Gasteiger charge is -2.24. The number of anilines is 1. The van der Waals surface area contributed by atoms with Crippen molar-refractivity contribution in [2.45, 2.75) is 11.3 Å². The number of sulfonamides is 1. The Morgan fingerprint density at radius 1 is 1.11 bits per heavy atom. The molecule has 0 radical (unpaired) electrons. The van der Waals surface area contributed by atoms with Gasteiger partial charge >= 0.3 is 6.36 Å². The summed E-state index contributed by atoms with van der Waals surface area (Å²) in [5.41, 5.74) is 1.19. The van der Waals surface area contributed by atoms with Gasteiger partial charge in [-0.25, -0.2) is 5.48 Å². The third kappa shape index (κ3) is 5.54. The van der Waals surface area contributed by atoms with Crippen LogP contribution >= 0.6 is 0 Å². The molecule has 0 saturated heterocycles. The van der Waals surface area contributed by atoms with E-state index in [2.05, 4.69) is 4.84 Å². The number of hydrogen-bond acceptors (Lipinski definition) is 5. The van der Waals surface area contributed by atoms with E-state index >= 15 is 0 Å². The number of benzene rings is 2. The summed E-state index contributed by atoms with van der Waals surface area (Å²) >= 11 is 0. The molecular formula is C16H13F3N2O5S. The molecule has 0 aliphatic heterocycles. The van der Waals surface area contributed by atoms with Crippen molar-refractivity contribution in [3.8, 4) is 0 Å². The lowest BCUT2D eigenvalue weighted by Crippen LogP contribution is -2.36. The fourth-order valence-corrected chi connectivity index (χ4v) is 3.28. The molecule has 144 valence electrons. The summed E-state index contributed by atoms with van der Waals surface area (Å²) in [6.07, 6.45) is -3.17. The molecular weight excluding hydrogens is 389 g/mol. The molecule has 0 aliphatic rings. The average molecular weight is 402 g/mol. The molecule has 0 atom stereocenters. The van der Waals surface area contributed by atoms with Gasteiger partial charge in [-0.1, -0.05) is 30.3 Å². The molecule has 0 fully saturated rings. The zero-order valence-corrected chi connectivity index (χ0v) is 14.2. The van der Waals surface area contributed by atoms with Gasteiger partial charge in [-0.05, 0) is 35.9 Å². The summed E-state index contributed by atoms with van der Waals surface area (Å²) in [4.78, 5) is 14.2. The SMILES string of the molecule is O=C(C=Cc1cccc(S(=O)(=O)N(OC(F)(F)F)c2ccccc2)c1)NO. The molecule has 11 heteroatoms. The zero-order chi connectivity index (χ0) is 20.1. The second-order valence-corrected chi connectivity index (χ2v) is 6.74. The molecule has 27 heavy (non-hydrogen) atoms. The quantitative estimate of drug-likeness (QED) is 0.440. The highest BCUT2D eigenvalue weighted by Gasteiger charge is 2.39. The molecule has 2 N–H and O–H groups in total. The number of hydrogen-bond donors (Lipinski definition) is 2. The number of halogens is 3. The van der Waals surface area contributed by atoms with E-state index in [0.29, 0.717) is 0 Å². The van der Waals surface area contributed by atoms with Gasteiger partial charge in [0.05, 0.1) is 10.6 Å². The number of alkyl halides is 3. The van der Waals surface area contributed by atoms with Crippen molar-refractivity contribution in [3.05, 3.63) is 66.2 Å². The molecule has 2 aromatic carbocycles. The largest absolute Gasteiger partial charge is 0.544 e. The number of amides is 1. The minimum Gasteiger partial charge on any atom is -0.288 e. The topological polar surface area (TPSA) is 95.9 Å². The summed E-state index contributed by atoms with van der Waals surface area (Å²) in [7, 11) is -4.75. The molecule has 0 bridgehead atoms. The van der Waals surface area contributed by atoms with E-state index in [1.54, 1.807) is 0 Å². The first kappa shape index (κ1) is 20.4. The molecule has 0 aromatic heterocycles. The van der Waals surface area contributed by atoms with Gasteiger partial charge in [0.25, 0.3) is 15.9 Å². The molecule has 0 aliphatic carbocycles. The van der Waals surface area contributed by atoms with Crippen LogP contribution in [0, 0.1) is 0 Å². The monoisotopic (exact) mass is 402 g/mol. The highest BCUT2D eigenvalue weighted by Crippen LogP contribution is 2.29. The van der Waals surface area contributed by atoms with Gasteiger partial charge in [0.2, 0.25) is 0 Å². The summed E-state index contributed by atoms with van der Waals surface area (Å²) in [5, 5.41) is 8.43. The standard InChI is InChI=1S/C16H13F3N2O5S/c17-16(18,19)26-21(13-6-2-1-3-7-13)27(24,25)14-8-4-5-12(11-14)9-10-15(22)20-23/h1-11,23H,(H,20,22). The Hall–Kier alpha value is -2.89.